The number of H-pyrrole nitrogens is 1. The van der Waals surface area contributed by atoms with Crippen molar-refractivity contribution in [2.75, 3.05) is 0 Å². The molecular weight excluding hydrogens is 198 g/mol. The number of hydrogen-bond acceptors (Lipinski definition) is 3. The summed E-state index contributed by atoms with van der Waals surface area (Å²) < 4.78 is 0. The zero-order chi connectivity index (χ0) is 11.0. The minimum absolute atomic E-state index is 0.00426. The van der Waals surface area contributed by atoms with Crippen molar-refractivity contribution in [3.63, 3.8) is 0 Å². The average molecular weight is 205 g/mol. The summed E-state index contributed by atoms with van der Waals surface area (Å²) in [5, 5.41) is 18.5. The van der Waals surface area contributed by atoms with E-state index in [9.17, 15) is 9.59 Å². The third-order valence-corrected chi connectivity index (χ3v) is 2.09. The smallest absolute Gasteiger partial charge is 0.337 e. The van der Waals surface area contributed by atoms with Gasteiger partial charge in [-0.1, -0.05) is 12.1 Å². The number of rotatable bonds is 1. The summed E-state index contributed by atoms with van der Waals surface area (Å²) in [7, 11) is 0. The molecule has 1 aromatic heterocycles. The van der Waals surface area contributed by atoms with Crippen LogP contribution < -0.4 is 5.56 Å². The van der Waals surface area contributed by atoms with Crippen molar-refractivity contribution in [3.05, 3.63) is 40.2 Å². The molecular formula is C10H7NO4. The Morgan fingerprint density at radius 1 is 1.33 bits per heavy atom. The number of para-hydroxylation sites is 1. The van der Waals surface area contributed by atoms with Gasteiger partial charge in [0.05, 0.1) is 11.1 Å². The van der Waals surface area contributed by atoms with Crippen molar-refractivity contribution >= 4 is 16.9 Å². The lowest BCUT2D eigenvalue weighted by Gasteiger charge is -2.01. The Labute approximate surface area is 83.6 Å². The molecule has 1 heterocycles. The first-order valence-electron chi connectivity index (χ1n) is 4.18. The Kier molecular flexibility index (Phi) is 1.93. The summed E-state index contributed by atoms with van der Waals surface area (Å²) in [4.78, 5) is 24.3. The summed E-state index contributed by atoms with van der Waals surface area (Å²) in [5.74, 6) is -1.55. The summed E-state index contributed by atoms with van der Waals surface area (Å²) in [6.45, 7) is 0. The van der Waals surface area contributed by atoms with E-state index >= 15 is 0 Å². The summed E-state index contributed by atoms with van der Waals surface area (Å²) >= 11 is 0. The molecule has 0 fully saturated rings. The molecule has 0 aliphatic rings. The van der Waals surface area contributed by atoms with E-state index in [1.165, 1.54) is 12.1 Å². The Balaban J connectivity index is 2.92. The number of aromatic hydroxyl groups is 1. The first kappa shape index (κ1) is 9.26. The Hall–Kier alpha value is -2.30. The number of aromatic nitrogens is 1. The molecule has 15 heavy (non-hydrogen) atoms. The summed E-state index contributed by atoms with van der Waals surface area (Å²) in [6.07, 6.45) is 0. The van der Waals surface area contributed by atoms with E-state index < -0.39 is 17.3 Å². The van der Waals surface area contributed by atoms with Gasteiger partial charge in [0.2, 0.25) is 0 Å². The zero-order valence-electron chi connectivity index (χ0n) is 7.52. The van der Waals surface area contributed by atoms with Crippen molar-refractivity contribution < 1.29 is 15.0 Å². The first-order chi connectivity index (χ1) is 7.09. The molecule has 0 unspecified atom stereocenters. The first-order valence-corrected chi connectivity index (χ1v) is 4.18. The van der Waals surface area contributed by atoms with Gasteiger partial charge >= 0.3 is 5.97 Å². The van der Waals surface area contributed by atoms with Crippen LogP contribution in [0.4, 0.5) is 0 Å². The monoisotopic (exact) mass is 205 g/mol. The van der Waals surface area contributed by atoms with Crippen LogP contribution in [0.2, 0.25) is 0 Å². The van der Waals surface area contributed by atoms with Crippen LogP contribution in [0.5, 0.6) is 5.75 Å². The fourth-order valence-corrected chi connectivity index (χ4v) is 1.40. The molecule has 0 atom stereocenters. The molecule has 3 N–H and O–H groups in total. The van der Waals surface area contributed by atoms with Gasteiger partial charge < -0.3 is 15.2 Å². The molecule has 5 heteroatoms. The maximum atomic E-state index is 11.1. The van der Waals surface area contributed by atoms with Gasteiger partial charge in [0.1, 0.15) is 0 Å². The van der Waals surface area contributed by atoms with E-state index in [-0.39, 0.29) is 11.1 Å². The molecule has 0 radical (unpaired) electrons. The minimum Gasteiger partial charge on any atom is -0.503 e. The second-order valence-corrected chi connectivity index (χ2v) is 3.06. The summed E-state index contributed by atoms with van der Waals surface area (Å²) in [6, 6.07) is 5.78. The molecule has 1 aromatic carbocycles. The standard InChI is InChI=1S/C10H7NO4/c12-7-4-5-2-1-3-6(10(14)15)8(5)11-9(7)13/h1-4,12H,(H,11,13)(H,14,15). The van der Waals surface area contributed by atoms with Gasteiger partial charge in [-0.05, 0) is 12.1 Å². The van der Waals surface area contributed by atoms with E-state index in [1.807, 2.05) is 0 Å². The third-order valence-electron chi connectivity index (χ3n) is 2.09. The molecule has 76 valence electrons. The molecule has 5 nitrogen and oxygen atoms in total. The highest BCUT2D eigenvalue weighted by Gasteiger charge is 2.09. The highest BCUT2D eigenvalue weighted by Crippen LogP contribution is 2.17. The third kappa shape index (κ3) is 1.43. The number of aromatic carboxylic acids is 1. The number of hydrogen-bond donors (Lipinski definition) is 3. The number of carboxylic acid groups (broad SMARTS) is 1. The quantitative estimate of drug-likeness (QED) is 0.646. The van der Waals surface area contributed by atoms with Crippen LogP contribution in [0.3, 0.4) is 0 Å². The van der Waals surface area contributed by atoms with Crippen molar-refractivity contribution in [1.29, 1.82) is 0 Å². The number of nitrogens with one attached hydrogen (secondary N) is 1. The van der Waals surface area contributed by atoms with Crippen molar-refractivity contribution in [3.8, 4) is 5.75 Å². The summed E-state index contributed by atoms with van der Waals surface area (Å²) in [5.41, 5.74) is -0.478. The van der Waals surface area contributed by atoms with Gasteiger partial charge in [-0.25, -0.2) is 4.79 Å². The molecule has 0 saturated carbocycles. The SMILES string of the molecule is O=C(O)c1cccc2cc(O)c(=O)[nH]c12. The number of pyridine rings is 1. The van der Waals surface area contributed by atoms with Crippen LogP contribution in [0.15, 0.2) is 29.1 Å². The molecule has 0 spiro atoms. The highest BCUT2D eigenvalue weighted by molar-refractivity contribution is 6.01. The van der Waals surface area contributed by atoms with Crippen LogP contribution in [-0.2, 0) is 0 Å². The van der Waals surface area contributed by atoms with Gasteiger partial charge in [-0.2, -0.15) is 0 Å². The number of fused-ring (bicyclic) bond motifs is 1. The fraction of sp³-hybridized carbons (Fsp3) is 0. The number of benzene rings is 1. The molecule has 0 bridgehead atoms. The van der Waals surface area contributed by atoms with Crippen molar-refractivity contribution in [1.82, 2.24) is 4.98 Å². The van der Waals surface area contributed by atoms with Crippen LogP contribution >= 0.6 is 0 Å². The largest absolute Gasteiger partial charge is 0.503 e. The maximum Gasteiger partial charge on any atom is 0.337 e. The average Bonchev–Trinajstić information content (AvgIpc) is 2.18. The van der Waals surface area contributed by atoms with Crippen LogP contribution in [-0.4, -0.2) is 21.2 Å². The second kappa shape index (κ2) is 3.13. The Morgan fingerprint density at radius 3 is 2.73 bits per heavy atom. The van der Waals surface area contributed by atoms with Crippen LogP contribution in [0.25, 0.3) is 10.9 Å². The normalized spacial score (nSPS) is 10.4. The van der Waals surface area contributed by atoms with Gasteiger partial charge in [0, 0.05) is 5.39 Å². The van der Waals surface area contributed by atoms with Gasteiger partial charge in [0.15, 0.2) is 5.75 Å². The van der Waals surface area contributed by atoms with E-state index in [0.29, 0.717) is 5.39 Å². The van der Waals surface area contributed by atoms with Gasteiger partial charge in [0.25, 0.3) is 5.56 Å². The topological polar surface area (TPSA) is 90.4 Å². The van der Waals surface area contributed by atoms with Crippen LogP contribution in [0, 0.1) is 0 Å². The predicted octanol–water partition coefficient (Wildman–Crippen LogP) is 0.932. The predicted molar refractivity (Wildman–Crippen MR) is 53.2 cm³/mol. The lowest BCUT2D eigenvalue weighted by molar-refractivity contribution is 0.0699. The molecule has 0 aliphatic carbocycles. The van der Waals surface area contributed by atoms with E-state index in [4.69, 9.17) is 10.2 Å². The van der Waals surface area contributed by atoms with E-state index in [0.717, 1.165) is 0 Å². The maximum absolute atomic E-state index is 11.1. The van der Waals surface area contributed by atoms with Crippen molar-refractivity contribution in [2.24, 2.45) is 0 Å². The Morgan fingerprint density at radius 2 is 2.07 bits per heavy atom. The minimum atomic E-state index is -1.12. The Bertz CT molecular complexity index is 600. The number of aromatic amines is 1. The molecule has 0 saturated heterocycles. The van der Waals surface area contributed by atoms with Crippen molar-refractivity contribution in [2.45, 2.75) is 0 Å². The lowest BCUT2D eigenvalue weighted by Crippen LogP contribution is -2.07. The van der Waals surface area contributed by atoms with Gasteiger partial charge in [-0.3, -0.25) is 4.79 Å². The molecule has 0 amide bonds. The zero-order valence-corrected chi connectivity index (χ0v) is 7.52. The fourth-order valence-electron chi connectivity index (χ4n) is 1.40. The lowest BCUT2D eigenvalue weighted by atomic mass is 10.1. The van der Waals surface area contributed by atoms with Crippen LogP contribution in [0.1, 0.15) is 10.4 Å². The van der Waals surface area contributed by atoms with E-state index in [1.54, 1.807) is 12.1 Å². The second-order valence-electron chi connectivity index (χ2n) is 3.06. The highest BCUT2D eigenvalue weighted by atomic mass is 16.4. The molecule has 2 rings (SSSR count). The van der Waals surface area contributed by atoms with Gasteiger partial charge in [-0.15, -0.1) is 0 Å². The van der Waals surface area contributed by atoms with E-state index in [2.05, 4.69) is 4.98 Å². The number of carbonyl (C=O) groups is 1. The number of carboxylic acids is 1. The molecule has 0 aliphatic heterocycles. The molecule has 2 aromatic rings.